The molecule has 4 heteroatoms. The number of rotatable bonds is 9. The average molecular weight is 249 g/mol. The van der Waals surface area contributed by atoms with Gasteiger partial charge in [-0.2, -0.15) is 0 Å². The molecule has 1 unspecified atom stereocenters. The zero-order chi connectivity index (χ0) is 12.6. The molecule has 16 heavy (non-hydrogen) atoms. The van der Waals surface area contributed by atoms with E-state index >= 15 is 0 Å². The van der Waals surface area contributed by atoms with Crippen LogP contribution in [0.4, 0.5) is 0 Å². The van der Waals surface area contributed by atoms with Gasteiger partial charge < -0.3 is 5.32 Å². The summed E-state index contributed by atoms with van der Waals surface area (Å²) in [4.78, 5) is 0. The van der Waals surface area contributed by atoms with Crippen molar-refractivity contribution in [2.75, 3.05) is 12.0 Å². The fourth-order valence-electron chi connectivity index (χ4n) is 1.88. The van der Waals surface area contributed by atoms with E-state index in [9.17, 15) is 8.42 Å². The minimum Gasteiger partial charge on any atom is -0.311 e. The molecule has 3 nitrogen and oxygen atoms in total. The van der Waals surface area contributed by atoms with Gasteiger partial charge in [0.1, 0.15) is 9.84 Å². The van der Waals surface area contributed by atoms with Gasteiger partial charge >= 0.3 is 0 Å². The van der Waals surface area contributed by atoms with Crippen LogP contribution in [0.3, 0.4) is 0 Å². The fourth-order valence-corrected chi connectivity index (χ4v) is 2.67. The van der Waals surface area contributed by atoms with Crippen LogP contribution in [0.1, 0.15) is 52.9 Å². The third-order valence-electron chi connectivity index (χ3n) is 2.72. The van der Waals surface area contributed by atoms with Gasteiger partial charge in [-0.3, -0.25) is 0 Å². The number of hydrogen-bond donors (Lipinski definition) is 1. The van der Waals surface area contributed by atoms with Gasteiger partial charge in [0.25, 0.3) is 0 Å². The maximum Gasteiger partial charge on any atom is 0.147 e. The lowest BCUT2D eigenvalue weighted by Crippen LogP contribution is -2.37. The molecule has 0 aliphatic heterocycles. The van der Waals surface area contributed by atoms with Gasteiger partial charge in [0, 0.05) is 18.3 Å². The second-order valence-corrected chi connectivity index (χ2v) is 7.02. The SMILES string of the molecule is CCCC(CCC)NC(C)CCS(C)(=O)=O. The first-order valence-corrected chi connectivity index (χ1v) is 8.38. The molecule has 0 aliphatic carbocycles. The standard InChI is InChI=1S/C12H27NO2S/c1-5-7-12(8-6-2)13-11(3)9-10-16(4,14)15/h11-13H,5-10H2,1-4H3. The minimum absolute atomic E-state index is 0.284. The van der Waals surface area contributed by atoms with E-state index in [-0.39, 0.29) is 11.8 Å². The van der Waals surface area contributed by atoms with Crippen molar-refractivity contribution in [2.24, 2.45) is 0 Å². The van der Waals surface area contributed by atoms with Crippen LogP contribution in [-0.4, -0.2) is 32.5 Å². The Balaban J connectivity index is 3.94. The maximum absolute atomic E-state index is 11.0. The topological polar surface area (TPSA) is 46.2 Å². The quantitative estimate of drug-likeness (QED) is 0.682. The second kappa shape index (κ2) is 8.07. The summed E-state index contributed by atoms with van der Waals surface area (Å²) in [6.07, 6.45) is 6.72. The predicted octanol–water partition coefficient (Wildman–Crippen LogP) is 2.37. The molecule has 0 amide bonds. The van der Waals surface area contributed by atoms with E-state index in [0.29, 0.717) is 12.5 Å². The predicted molar refractivity (Wildman–Crippen MR) is 70.5 cm³/mol. The molecule has 0 aliphatic rings. The highest BCUT2D eigenvalue weighted by Crippen LogP contribution is 2.07. The van der Waals surface area contributed by atoms with Gasteiger partial charge in [0.2, 0.25) is 0 Å². The Bertz CT molecular complexity index is 256. The lowest BCUT2D eigenvalue weighted by Gasteiger charge is -2.22. The van der Waals surface area contributed by atoms with E-state index < -0.39 is 9.84 Å². The van der Waals surface area contributed by atoms with Gasteiger partial charge in [-0.1, -0.05) is 26.7 Å². The van der Waals surface area contributed by atoms with Crippen molar-refractivity contribution in [2.45, 2.75) is 65.0 Å². The number of hydrogen-bond acceptors (Lipinski definition) is 3. The summed E-state index contributed by atoms with van der Waals surface area (Å²) >= 11 is 0. The Morgan fingerprint density at radius 2 is 1.56 bits per heavy atom. The van der Waals surface area contributed by atoms with Crippen LogP contribution in [-0.2, 0) is 9.84 Å². The van der Waals surface area contributed by atoms with Crippen LogP contribution in [0.5, 0.6) is 0 Å². The van der Waals surface area contributed by atoms with E-state index in [1.54, 1.807) is 0 Å². The third-order valence-corrected chi connectivity index (χ3v) is 3.69. The van der Waals surface area contributed by atoms with Gasteiger partial charge in [-0.25, -0.2) is 8.42 Å². The fraction of sp³-hybridized carbons (Fsp3) is 1.00. The van der Waals surface area contributed by atoms with Crippen molar-refractivity contribution in [3.8, 4) is 0 Å². The van der Waals surface area contributed by atoms with Crippen molar-refractivity contribution in [3.63, 3.8) is 0 Å². The van der Waals surface area contributed by atoms with Gasteiger partial charge in [-0.05, 0) is 26.2 Å². The maximum atomic E-state index is 11.0. The second-order valence-electron chi connectivity index (χ2n) is 4.76. The molecule has 0 bridgehead atoms. The van der Waals surface area contributed by atoms with E-state index in [1.807, 2.05) is 0 Å². The zero-order valence-electron chi connectivity index (χ0n) is 11.1. The third kappa shape index (κ3) is 9.16. The van der Waals surface area contributed by atoms with Gasteiger partial charge in [0.05, 0.1) is 5.75 Å². The highest BCUT2D eigenvalue weighted by Gasteiger charge is 2.12. The van der Waals surface area contributed by atoms with Crippen molar-refractivity contribution in [3.05, 3.63) is 0 Å². The normalized spacial score (nSPS) is 14.3. The summed E-state index contributed by atoms with van der Waals surface area (Å²) in [5.74, 6) is 0.284. The van der Waals surface area contributed by atoms with Crippen molar-refractivity contribution >= 4 is 9.84 Å². The Morgan fingerprint density at radius 1 is 1.06 bits per heavy atom. The summed E-state index contributed by atoms with van der Waals surface area (Å²) in [5.41, 5.74) is 0. The van der Waals surface area contributed by atoms with Gasteiger partial charge in [0.15, 0.2) is 0 Å². The summed E-state index contributed by atoms with van der Waals surface area (Å²) < 4.78 is 22.1. The highest BCUT2D eigenvalue weighted by atomic mass is 32.2. The molecular formula is C12H27NO2S. The molecule has 0 spiro atoms. The van der Waals surface area contributed by atoms with Crippen LogP contribution in [0.15, 0.2) is 0 Å². The summed E-state index contributed by atoms with van der Waals surface area (Å²) in [6.45, 7) is 6.44. The van der Waals surface area contributed by atoms with E-state index in [2.05, 4.69) is 26.1 Å². The lowest BCUT2D eigenvalue weighted by molar-refractivity contribution is 0.391. The Morgan fingerprint density at radius 3 is 1.94 bits per heavy atom. The Hall–Kier alpha value is -0.0900. The van der Waals surface area contributed by atoms with Crippen LogP contribution in [0.2, 0.25) is 0 Å². The van der Waals surface area contributed by atoms with Crippen LogP contribution < -0.4 is 5.32 Å². The van der Waals surface area contributed by atoms with E-state index in [1.165, 1.54) is 31.9 Å². The molecule has 98 valence electrons. The molecule has 0 fully saturated rings. The zero-order valence-corrected chi connectivity index (χ0v) is 11.9. The van der Waals surface area contributed by atoms with Crippen LogP contribution >= 0.6 is 0 Å². The lowest BCUT2D eigenvalue weighted by atomic mass is 10.1. The molecular weight excluding hydrogens is 222 g/mol. The first kappa shape index (κ1) is 15.9. The van der Waals surface area contributed by atoms with Crippen LogP contribution in [0, 0.1) is 0 Å². The molecule has 1 atom stereocenters. The number of sulfone groups is 1. The van der Waals surface area contributed by atoms with Crippen LogP contribution in [0.25, 0.3) is 0 Å². The van der Waals surface area contributed by atoms with E-state index in [0.717, 1.165) is 0 Å². The smallest absolute Gasteiger partial charge is 0.147 e. The first-order valence-electron chi connectivity index (χ1n) is 6.32. The summed E-state index contributed by atoms with van der Waals surface area (Å²) in [7, 11) is -2.82. The van der Waals surface area contributed by atoms with Crippen molar-refractivity contribution < 1.29 is 8.42 Å². The average Bonchev–Trinajstić information content (AvgIpc) is 2.14. The highest BCUT2D eigenvalue weighted by molar-refractivity contribution is 7.90. The molecule has 0 radical (unpaired) electrons. The van der Waals surface area contributed by atoms with E-state index in [4.69, 9.17) is 0 Å². The van der Waals surface area contributed by atoms with Crippen molar-refractivity contribution in [1.29, 1.82) is 0 Å². The Labute approximate surface area is 101 Å². The number of nitrogens with one attached hydrogen (secondary N) is 1. The molecule has 0 aromatic rings. The Kier molecular flexibility index (Phi) is 8.02. The molecule has 0 aromatic carbocycles. The largest absolute Gasteiger partial charge is 0.311 e. The molecule has 0 heterocycles. The molecule has 1 N–H and O–H groups in total. The molecule has 0 aromatic heterocycles. The van der Waals surface area contributed by atoms with Crippen molar-refractivity contribution in [1.82, 2.24) is 5.32 Å². The summed E-state index contributed by atoms with van der Waals surface area (Å²) in [5, 5.41) is 3.53. The van der Waals surface area contributed by atoms with Gasteiger partial charge in [-0.15, -0.1) is 0 Å². The monoisotopic (exact) mass is 249 g/mol. The summed E-state index contributed by atoms with van der Waals surface area (Å²) in [6, 6.07) is 0.836. The molecule has 0 saturated heterocycles. The minimum atomic E-state index is -2.82. The first-order chi connectivity index (χ1) is 7.39. The molecule has 0 rings (SSSR count). The molecule has 0 saturated carbocycles.